The highest BCUT2D eigenvalue weighted by Gasteiger charge is 2.19. The van der Waals surface area contributed by atoms with Gasteiger partial charge < -0.3 is 14.2 Å². The maximum Gasteiger partial charge on any atom is 0.306 e. The van der Waals surface area contributed by atoms with Gasteiger partial charge in [-0.3, -0.25) is 14.4 Å². The molecule has 0 aliphatic heterocycles. The van der Waals surface area contributed by atoms with Gasteiger partial charge in [-0.1, -0.05) is 207 Å². The van der Waals surface area contributed by atoms with E-state index in [1.54, 1.807) is 0 Å². The smallest absolute Gasteiger partial charge is 0.306 e. The number of rotatable bonds is 40. The van der Waals surface area contributed by atoms with Crippen molar-refractivity contribution in [1.82, 2.24) is 0 Å². The average molecular weight is 723 g/mol. The Labute approximate surface area is 317 Å². The Kier molecular flexibility index (Phi) is 38.4. The van der Waals surface area contributed by atoms with Gasteiger partial charge in [-0.05, 0) is 25.2 Å². The molecule has 0 radical (unpaired) electrons. The molecular weight excluding hydrogens is 636 g/mol. The lowest BCUT2D eigenvalue weighted by Crippen LogP contribution is -2.30. The Morgan fingerprint density at radius 1 is 0.392 bits per heavy atom. The minimum absolute atomic E-state index is 0.0650. The largest absolute Gasteiger partial charge is 0.462 e. The highest BCUT2D eigenvalue weighted by Crippen LogP contribution is 2.17. The molecule has 0 aromatic rings. The van der Waals surface area contributed by atoms with Gasteiger partial charge in [-0.25, -0.2) is 0 Å². The van der Waals surface area contributed by atoms with Gasteiger partial charge in [0.15, 0.2) is 6.10 Å². The summed E-state index contributed by atoms with van der Waals surface area (Å²) in [6.07, 6.45) is 38.2. The fourth-order valence-electron chi connectivity index (χ4n) is 6.59. The number of unbranched alkanes of at least 4 members (excludes halogenated alkanes) is 26. The Morgan fingerprint density at radius 2 is 0.686 bits per heavy atom. The SMILES string of the molecule is CCCCCCCCCCCCCCCCC(=O)O[C@H](COC(=O)CCCCCCC)COC(=O)CCCCCCCCCCCCC(C)CC. The first-order chi connectivity index (χ1) is 24.9. The fraction of sp³-hybridized carbons (Fsp3) is 0.933. The maximum atomic E-state index is 12.7. The van der Waals surface area contributed by atoms with Gasteiger partial charge in [0, 0.05) is 19.3 Å². The van der Waals surface area contributed by atoms with Crippen LogP contribution in [0.4, 0.5) is 0 Å². The second-order valence-electron chi connectivity index (χ2n) is 15.6. The van der Waals surface area contributed by atoms with Crippen molar-refractivity contribution in [3.63, 3.8) is 0 Å². The number of hydrogen-bond acceptors (Lipinski definition) is 6. The van der Waals surface area contributed by atoms with Crippen LogP contribution in [0.15, 0.2) is 0 Å². The zero-order chi connectivity index (χ0) is 37.5. The summed E-state index contributed by atoms with van der Waals surface area (Å²) in [5.41, 5.74) is 0. The Bertz CT molecular complexity index is 768. The van der Waals surface area contributed by atoms with E-state index in [2.05, 4.69) is 27.7 Å². The molecule has 1 unspecified atom stereocenters. The van der Waals surface area contributed by atoms with E-state index in [4.69, 9.17) is 14.2 Å². The molecule has 0 fully saturated rings. The van der Waals surface area contributed by atoms with Crippen LogP contribution < -0.4 is 0 Å². The molecule has 302 valence electrons. The van der Waals surface area contributed by atoms with Crippen LogP contribution >= 0.6 is 0 Å². The van der Waals surface area contributed by atoms with Crippen molar-refractivity contribution in [3.05, 3.63) is 0 Å². The summed E-state index contributed by atoms with van der Waals surface area (Å²) in [5.74, 6) is 0.000928. The molecule has 6 nitrogen and oxygen atoms in total. The van der Waals surface area contributed by atoms with Crippen molar-refractivity contribution >= 4 is 17.9 Å². The van der Waals surface area contributed by atoms with Crippen LogP contribution in [0.5, 0.6) is 0 Å². The normalized spacial score (nSPS) is 12.5. The molecule has 0 spiro atoms. The Hall–Kier alpha value is -1.59. The fourth-order valence-corrected chi connectivity index (χ4v) is 6.59. The number of hydrogen-bond donors (Lipinski definition) is 0. The molecule has 0 saturated carbocycles. The number of ether oxygens (including phenoxy) is 3. The van der Waals surface area contributed by atoms with Crippen molar-refractivity contribution in [1.29, 1.82) is 0 Å². The first kappa shape index (κ1) is 49.4. The van der Waals surface area contributed by atoms with Crippen LogP contribution in [0.3, 0.4) is 0 Å². The van der Waals surface area contributed by atoms with Crippen LogP contribution in [-0.2, 0) is 28.6 Å². The second kappa shape index (κ2) is 39.6. The number of carbonyl (C=O) groups excluding carboxylic acids is 3. The molecule has 0 aliphatic carbocycles. The van der Waals surface area contributed by atoms with Gasteiger partial charge in [0.05, 0.1) is 0 Å². The molecule has 6 heteroatoms. The summed E-state index contributed by atoms with van der Waals surface area (Å²) in [6.45, 7) is 8.94. The minimum atomic E-state index is -0.757. The first-order valence-corrected chi connectivity index (χ1v) is 22.4. The van der Waals surface area contributed by atoms with Crippen LogP contribution in [0.1, 0.15) is 246 Å². The lowest BCUT2D eigenvalue weighted by atomic mass is 9.99. The van der Waals surface area contributed by atoms with Gasteiger partial charge in [0.2, 0.25) is 0 Å². The van der Waals surface area contributed by atoms with Crippen LogP contribution in [0.25, 0.3) is 0 Å². The van der Waals surface area contributed by atoms with Gasteiger partial charge in [0.25, 0.3) is 0 Å². The zero-order valence-electron chi connectivity index (χ0n) is 34.6. The third-order valence-electron chi connectivity index (χ3n) is 10.4. The summed E-state index contributed by atoms with van der Waals surface area (Å²) in [4.78, 5) is 37.4. The first-order valence-electron chi connectivity index (χ1n) is 22.4. The molecule has 2 atom stereocenters. The summed E-state index contributed by atoms with van der Waals surface area (Å²) in [6, 6.07) is 0. The zero-order valence-corrected chi connectivity index (χ0v) is 34.6. The Morgan fingerprint density at radius 3 is 1.02 bits per heavy atom. The standard InChI is InChI=1S/C45H86O6/c1-5-8-10-12-13-14-15-16-17-18-23-26-30-34-38-45(48)51-42(39-49-43(46)36-32-27-11-9-6-2)40-50-44(47)37-33-29-25-22-20-19-21-24-28-31-35-41(4)7-3/h41-42H,5-40H2,1-4H3/t41?,42-/m1/s1. The van der Waals surface area contributed by atoms with Crippen LogP contribution in [0, 0.1) is 5.92 Å². The lowest BCUT2D eigenvalue weighted by Gasteiger charge is -2.18. The van der Waals surface area contributed by atoms with Gasteiger partial charge in [-0.2, -0.15) is 0 Å². The molecule has 0 aromatic carbocycles. The van der Waals surface area contributed by atoms with E-state index in [-0.39, 0.29) is 31.1 Å². The molecule has 0 rings (SSSR count). The van der Waals surface area contributed by atoms with E-state index in [1.807, 2.05) is 0 Å². The molecule has 0 aromatic heterocycles. The topological polar surface area (TPSA) is 78.9 Å². The predicted molar refractivity (Wildman–Crippen MR) is 215 cm³/mol. The minimum Gasteiger partial charge on any atom is -0.462 e. The van der Waals surface area contributed by atoms with Crippen LogP contribution in [-0.4, -0.2) is 37.2 Å². The lowest BCUT2D eigenvalue weighted by molar-refractivity contribution is -0.167. The van der Waals surface area contributed by atoms with Crippen molar-refractivity contribution in [2.24, 2.45) is 5.92 Å². The third kappa shape index (κ3) is 38.0. The van der Waals surface area contributed by atoms with E-state index in [1.165, 1.54) is 135 Å². The molecule has 0 aliphatic rings. The molecule has 51 heavy (non-hydrogen) atoms. The van der Waals surface area contributed by atoms with Crippen molar-refractivity contribution in [2.75, 3.05) is 13.2 Å². The third-order valence-corrected chi connectivity index (χ3v) is 10.4. The highest BCUT2D eigenvalue weighted by molar-refractivity contribution is 5.71. The van der Waals surface area contributed by atoms with E-state index in [0.717, 1.165) is 70.1 Å². The second-order valence-corrected chi connectivity index (χ2v) is 15.6. The summed E-state index contributed by atoms with van der Waals surface area (Å²) < 4.78 is 16.6. The molecule has 0 bridgehead atoms. The molecular formula is C45H86O6. The van der Waals surface area contributed by atoms with Crippen molar-refractivity contribution in [3.8, 4) is 0 Å². The van der Waals surface area contributed by atoms with Crippen molar-refractivity contribution < 1.29 is 28.6 Å². The number of carbonyl (C=O) groups is 3. The van der Waals surface area contributed by atoms with Gasteiger partial charge in [-0.15, -0.1) is 0 Å². The monoisotopic (exact) mass is 723 g/mol. The van der Waals surface area contributed by atoms with Gasteiger partial charge >= 0.3 is 17.9 Å². The average Bonchev–Trinajstić information content (AvgIpc) is 3.13. The summed E-state index contributed by atoms with van der Waals surface area (Å²) in [5, 5.41) is 0. The quantitative estimate of drug-likeness (QED) is 0.0356. The van der Waals surface area contributed by atoms with E-state index < -0.39 is 6.10 Å². The summed E-state index contributed by atoms with van der Waals surface area (Å²) >= 11 is 0. The predicted octanol–water partition coefficient (Wildman–Crippen LogP) is 13.9. The molecule has 0 N–H and O–H groups in total. The van der Waals surface area contributed by atoms with E-state index in [9.17, 15) is 14.4 Å². The molecule has 0 saturated heterocycles. The van der Waals surface area contributed by atoms with E-state index in [0.29, 0.717) is 19.3 Å². The maximum absolute atomic E-state index is 12.7. The summed E-state index contributed by atoms with van der Waals surface area (Å²) in [7, 11) is 0. The van der Waals surface area contributed by atoms with Crippen molar-refractivity contribution in [2.45, 2.75) is 252 Å². The van der Waals surface area contributed by atoms with E-state index >= 15 is 0 Å². The number of esters is 3. The molecule has 0 heterocycles. The highest BCUT2D eigenvalue weighted by atomic mass is 16.6. The van der Waals surface area contributed by atoms with Crippen LogP contribution in [0.2, 0.25) is 0 Å². The molecule has 0 amide bonds. The van der Waals surface area contributed by atoms with Gasteiger partial charge in [0.1, 0.15) is 13.2 Å². The Balaban J connectivity index is 4.20.